The number of benzene rings is 2. The lowest BCUT2D eigenvalue weighted by Gasteiger charge is -2.21. The maximum Gasteiger partial charge on any atom is 0.122 e. The van der Waals surface area contributed by atoms with Gasteiger partial charge in [-0.1, -0.05) is 55.8 Å². The van der Waals surface area contributed by atoms with Crippen LogP contribution in [0.3, 0.4) is 0 Å². The molecule has 0 amide bonds. The van der Waals surface area contributed by atoms with Crippen LogP contribution in [-0.2, 0) is 6.42 Å². The molecule has 22 heavy (non-hydrogen) atoms. The van der Waals surface area contributed by atoms with E-state index in [0.29, 0.717) is 6.42 Å². The summed E-state index contributed by atoms with van der Waals surface area (Å²) in [6.45, 7) is 2.38. The second kappa shape index (κ2) is 8.60. The van der Waals surface area contributed by atoms with Gasteiger partial charge in [0.05, 0.1) is 7.11 Å². The van der Waals surface area contributed by atoms with Crippen molar-refractivity contribution in [1.29, 1.82) is 0 Å². The van der Waals surface area contributed by atoms with Crippen LogP contribution in [0.2, 0.25) is 0 Å². The van der Waals surface area contributed by atoms with Gasteiger partial charge in [0.25, 0.3) is 0 Å². The Bertz CT molecular complexity index is 563. The van der Waals surface area contributed by atoms with E-state index in [2.05, 4.69) is 37.3 Å². The summed E-state index contributed by atoms with van der Waals surface area (Å²) in [5, 5.41) is 9.49. The summed E-state index contributed by atoms with van der Waals surface area (Å²) >= 11 is 0. The van der Waals surface area contributed by atoms with Gasteiger partial charge in [0.2, 0.25) is 0 Å². The number of hydrogen-bond acceptors (Lipinski definition) is 2. The molecule has 2 aromatic rings. The lowest BCUT2D eigenvalue weighted by molar-refractivity contribution is 0.280. The number of unbranched alkanes of at least 4 members (excludes halogenated alkanes) is 1. The quantitative estimate of drug-likeness (QED) is 0.774. The van der Waals surface area contributed by atoms with Crippen LogP contribution in [-0.4, -0.2) is 18.8 Å². The summed E-state index contributed by atoms with van der Waals surface area (Å²) < 4.78 is 5.57. The number of aryl methyl sites for hydroxylation is 1. The first-order valence-corrected chi connectivity index (χ1v) is 8.12. The molecule has 0 aliphatic heterocycles. The van der Waals surface area contributed by atoms with E-state index in [9.17, 15) is 5.11 Å². The summed E-state index contributed by atoms with van der Waals surface area (Å²) in [4.78, 5) is 0. The fourth-order valence-corrected chi connectivity index (χ4v) is 2.91. The highest BCUT2D eigenvalue weighted by Gasteiger charge is 2.18. The van der Waals surface area contributed by atoms with Crippen LogP contribution in [0.1, 0.15) is 48.8 Å². The molecule has 0 radical (unpaired) electrons. The largest absolute Gasteiger partial charge is 0.496 e. The van der Waals surface area contributed by atoms with Gasteiger partial charge in [-0.3, -0.25) is 0 Å². The van der Waals surface area contributed by atoms with Crippen LogP contribution >= 0.6 is 0 Å². The van der Waals surface area contributed by atoms with Gasteiger partial charge < -0.3 is 9.84 Å². The van der Waals surface area contributed by atoms with Gasteiger partial charge in [-0.15, -0.1) is 0 Å². The Balaban J connectivity index is 2.40. The minimum absolute atomic E-state index is 0.169. The average Bonchev–Trinajstić information content (AvgIpc) is 2.58. The minimum atomic E-state index is 0.169. The lowest BCUT2D eigenvalue weighted by Crippen LogP contribution is -2.06. The number of methoxy groups -OCH3 is 1. The number of ether oxygens (including phenoxy) is 1. The van der Waals surface area contributed by atoms with Crippen molar-refractivity contribution in [3.8, 4) is 5.75 Å². The molecule has 2 nitrogen and oxygen atoms in total. The Morgan fingerprint density at radius 1 is 1.09 bits per heavy atom. The van der Waals surface area contributed by atoms with Crippen molar-refractivity contribution in [1.82, 2.24) is 0 Å². The Hall–Kier alpha value is -1.80. The van der Waals surface area contributed by atoms with Crippen LogP contribution in [0.15, 0.2) is 48.5 Å². The van der Waals surface area contributed by atoms with E-state index in [1.54, 1.807) is 7.11 Å². The molecule has 1 atom stereocenters. The highest BCUT2D eigenvalue weighted by atomic mass is 16.5. The van der Waals surface area contributed by atoms with E-state index in [0.717, 1.165) is 12.2 Å². The smallest absolute Gasteiger partial charge is 0.122 e. The van der Waals surface area contributed by atoms with Gasteiger partial charge in [-0.2, -0.15) is 0 Å². The van der Waals surface area contributed by atoms with E-state index >= 15 is 0 Å². The topological polar surface area (TPSA) is 29.5 Å². The molecule has 0 aromatic heterocycles. The molecule has 1 unspecified atom stereocenters. The first kappa shape index (κ1) is 16.6. The molecule has 0 fully saturated rings. The van der Waals surface area contributed by atoms with E-state index in [1.165, 1.54) is 29.5 Å². The van der Waals surface area contributed by atoms with Crippen molar-refractivity contribution in [3.05, 3.63) is 65.2 Å². The van der Waals surface area contributed by atoms with Crippen molar-refractivity contribution in [2.75, 3.05) is 13.7 Å². The molecule has 2 rings (SSSR count). The van der Waals surface area contributed by atoms with Gasteiger partial charge in [0.1, 0.15) is 5.75 Å². The second-order valence-electron chi connectivity index (χ2n) is 5.66. The highest BCUT2D eigenvalue weighted by molar-refractivity contribution is 5.44. The number of aliphatic hydroxyl groups is 1. The second-order valence-corrected chi connectivity index (χ2v) is 5.66. The summed E-state index contributed by atoms with van der Waals surface area (Å²) in [5.41, 5.74) is 3.75. The van der Waals surface area contributed by atoms with Crippen LogP contribution in [0, 0.1) is 0 Å². The zero-order chi connectivity index (χ0) is 15.8. The van der Waals surface area contributed by atoms with E-state index < -0.39 is 0 Å². The normalized spacial score (nSPS) is 12.1. The molecule has 118 valence electrons. The van der Waals surface area contributed by atoms with Crippen molar-refractivity contribution >= 4 is 0 Å². The third kappa shape index (κ3) is 4.11. The molecule has 1 N–H and O–H groups in total. The maximum absolute atomic E-state index is 9.49. The van der Waals surface area contributed by atoms with Gasteiger partial charge in [-0.25, -0.2) is 0 Å². The van der Waals surface area contributed by atoms with Crippen LogP contribution in [0.25, 0.3) is 0 Å². The van der Waals surface area contributed by atoms with Crippen molar-refractivity contribution in [2.45, 2.75) is 38.5 Å². The monoisotopic (exact) mass is 298 g/mol. The van der Waals surface area contributed by atoms with Gasteiger partial charge in [0.15, 0.2) is 0 Å². The summed E-state index contributed by atoms with van der Waals surface area (Å²) in [5.74, 6) is 1.07. The molecular weight excluding hydrogens is 272 g/mol. The first-order chi connectivity index (χ1) is 10.8. The SMILES string of the molecule is CCCCc1ccc(OC)c(C(CCO)c2ccccc2)c1. The van der Waals surface area contributed by atoms with E-state index in [-0.39, 0.29) is 12.5 Å². The third-order valence-electron chi connectivity index (χ3n) is 4.11. The Labute approximate surface area is 133 Å². The highest BCUT2D eigenvalue weighted by Crippen LogP contribution is 2.35. The predicted molar refractivity (Wildman–Crippen MR) is 91.6 cm³/mol. The van der Waals surface area contributed by atoms with Gasteiger partial charge in [-0.05, 0) is 36.5 Å². The fraction of sp³-hybridized carbons (Fsp3) is 0.400. The van der Waals surface area contributed by atoms with Crippen LogP contribution in [0.5, 0.6) is 5.75 Å². The first-order valence-electron chi connectivity index (χ1n) is 8.12. The molecule has 2 aromatic carbocycles. The zero-order valence-corrected chi connectivity index (χ0v) is 13.6. The third-order valence-corrected chi connectivity index (χ3v) is 4.11. The summed E-state index contributed by atoms with van der Waals surface area (Å²) in [6.07, 6.45) is 4.19. The van der Waals surface area contributed by atoms with E-state index in [1.807, 2.05) is 18.2 Å². The zero-order valence-electron chi connectivity index (χ0n) is 13.6. The van der Waals surface area contributed by atoms with Crippen molar-refractivity contribution in [3.63, 3.8) is 0 Å². The molecular formula is C20H26O2. The van der Waals surface area contributed by atoms with Crippen molar-refractivity contribution < 1.29 is 9.84 Å². The van der Waals surface area contributed by atoms with Gasteiger partial charge in [0, 0.05) is 18.1 Å². The average molecular weight is 298 g/mol. The molecule has 0 aliphatic rings. The van der Waals surface area contributed by atoms with Crippen LogP contribution < -0.4 is 4.74 Å². The predicted octanol–water partition coefficient (Wildman–Crippen LogP) is 4.55. The van der Waals surface area contributed by atoms with E-state index in [4.69, 9.17) is 4.74 Å². The van der Waals surface area contributed by atoms with Crippen molar-refractivity contribution in [2.24, 2.45) is 0 Å². The van der Waals surface area contributed by atoms with Gasteiger partial charge >= 0.3 is 0 Å². The molecule has 0 aliphatic carbocycles. The fourth-order valence-electron chi connectivity index (χ4n) is 2.91. The Morgan fingerprint density at radius 2 is 1.86 bits per heavy atom. The molecule has 0 bridgehead atoms. The Morgan fingerprint density at radius 3 is 2.50 bits per heavy atom. The van der Waals surface area contributed by atoms with Crippen LogP contribution in [0.4, 0.5) is 0 Å². The Kier molecular flexibility index (Phi) is 6.47. The standard InChI is InChI=1S/C20H26O2/c1-3-4-8-16-11-12-20(22-2)19(15-16)18(13-14-21)17-9-6-5-7-10-17/h5-7,9-12,15,18,21H,3-4,8,13-14H2,1-2H3. The molecule has 2 heteroatoms. The summed E-state index contributed by atoms with van der Waals surface area (Å²) in [7, 11) is 1.71. The summed E-state index contributed by atoms with van der Waals surface area (Å²) in [6, 6.07) is 16.8. The number of rotatable bonds is 8. The lowest BCUT2D eigenvalue weighted by atomic mass is 9.87. The molecule has 0 saturated heterocycles. The number of hydrogen-bond donors (Lipinski definition) is 1. The minimum Gasteiger partial charge on any atom is -0.496 e. The maximum atomic E-state index is 9.49. The molecule has 0 saturated carbocycles. The molecule has 0 spiro atoms. The number of aliphatic hydroxyl groups excluding tert-OH is 1. The molecule has 0 heterocycles.